The predicted molar refractivity (Wildman–Crippen MR) is 363 cm³/mol. The molecule has 0 saturated carbocycles. The number of hydrogen-bond acceptors (Lipinski definition) is 12. The molecule has 18 nitrogen and oxygen atoms in total. The van der Waals surface area contributed by atoms with Gasteiger partial charge in [-0.1, -0.05) is 147 Å². The summed E-state index contributed by atoms with van der Waals surface area (Å²) in [5.41, 5.74) is 3.82. The second-order valence-corrected chi connectivity index (χ2v) is 25.6. The van der Waals surface area contributed by atoms with Crippen LogP contribution < -0.4 is 37.2 Å². The number of nitrogens with zero attached hydrogens (tertiary/aromatic N) is 2. The molecular formula is C76H97N9O9. The van der Waals surface area contributed by atoms with Gasteiger partial charge in [-0.25, -0.2) is 0 Å². The first-order chi connectivity index (χ1) is 45.7. The minimum absolute atomic E-state index is 0.000844. The number of carbonyl (C=O) groups excluding carboxylic acids is 9. The molecule has 0 spiro atoms. The number of likely N-dealkylation sites (N-methyl/N-ethyl adjacent to an activating group) is 2. The molecule has 4 aliphatic rings. The summed E-state index contributed by atoms with van der Waals surface area (Å²) in [4.78, 5) is 129. The van der Waals surface area contributed by atoms with Crippen molar-refractivity contribution >= 4 is 52.8 Å². The summed E-state index contributed by atoms with van der Waals surface area (Å²) < 4.78 is 0. The molecular weight excluding hydrogens is 1180 g/mol. The maximum Gasteiger partial charge on any atom is 0.246 e. The first-order valence-electron chi connectivity index (χ1n) is 34.3. The molecule has 4 aromatic carbocycles. The zero-order valence-corrected chi connectivity index (χ0v) is 55.3. The van der Waals surface area contributed by atoms with E-state index in [1.165, 1.54) is 0 Å². The number of carbonyl (C=O) groups is 9. The van der Waals surface area contributed by atoms with Crippen LogP contribution in [0.25, 0.3) is 0 Å². The van der Waals surface area contributed by atoms with Crippen LogP contribution in [-0.4, -0.2) is 138 Å². The fraction of sp³-hybridized carbons (Fsp3) is 0.513. The Bertz CT molecular complexity index is 3260. The number of Topliss-reactive ketones (excluding diaryl/α,β-unsaturated/α-hetero) is 3. The molecule has 4 aromatic rings. The Balaban J connectivity index is 0.778. The van der Waals surface area contributed by atoms with Crippen molar-refractivity contribution in [3.8, 4) is 23.7 Å². The fourth-order valence-corrected chi connectivity index (χ4v) is 14.2. The third-order valence-electron chi connectivity index (χ3n) is 19.5. The maximum atomic E-state index is 14.8. The van der Waals surface area contributed by atoms with Crippen molar-refractivity contribution in [2.45, 2.75) is 209 Å². The Labute approximate surface area is 555 Å². The van der Waals surface area contributed by atoms with Crippen LogP contribution in [0.15, 0.2) is 121 Å². The van der Waals surface area contributed by atoms with E-state index in [9.17, 15) is 43.2 Å². The van der Waals surface area contributed by atoms with Gasteiger partial charge in [-0.05, 0) is 150 Å². The van der Waals surface area contributed by atoms with Crippen LogP contribution in [0.2, 0.25) is 0 Å². The number of ketones is 3. The molecule has 0 aliphatic carbocycles. The third-order valence-corrected chi connectivity index (χ3v) is 19.5. The van der Waals surface area contributed by atoms with Crippen LogP contribution >= 0.6 is 0 Å². The minimum atomic E-state index is -0.985. The number of hydrogen-bond donors (Lipinski definition) is 7. The van der Waals surface area contributed by atoms with Gasteiger partial charge in [-0.3, -0.25) is 43.2 Å². The van der Waals surface area contributed by atoms with Crippen LogP contribution in [0, 0.1) is 35.5 Å². The highest BCUT2D eigenvalue weighted by atomic mass is 16.2. The highest BCUT2D eigenvalue weighted by Crippen LogP contribution is 2.39. The third kappa shape index (κ3) is 19.9. The standard InChI is InChI=1S/C76H97N9O9/c1-5-62(77-3)72(90)82-70-56(37-40-58-42-45-64(84(58)75(70)93)67(88)50-61(53-28-17-12-18-29-53)54-30-19-13-20-31-54)39-44-60(86)34-23-9-7-8-10-24-36-68(89)80-48-25-35-66(87)69(55-32-21-14-22-33-55)81-74(92)65-46-43-59-41-38-57(47-49-79-51-52-26-15-11-16-27-52)71(76(94)85(59)65)83-73(91)63(6-2)78-4/h11-22,26-33,56-59,61-65,69-71,77-79H,5-6,23-25,34-51H2,1-4H3,(H,80,89)(H,81,92)(H,82,90)(H,83,91)/t56-,57-,58+,59+,62+,63+,64+,65+,69+,70+,71+/m1/s1. The van der Waals surface area contributed by atoms with Gasteiger partial charge in [0.05, 0.1) is 18.1 Å². The Morgan fingerprint density at radius 1 is 0.543 bits per heavy atom. The van der Waals surface area contributed by atoms with Gasteiger partial charge in [0.1, 0.15) is 30.0 Å². The lowest BCUT2D eigenvalue weighted by molar-refractivity contribution is -0.144. The van der Waals surface area contributed by atoms with Crippen LogP contribution in [0.5, 0.6) is 0 Å². The summed E-state index contributed by atoms with van der Waals surface area (Å²) in [5, 5.41) is 21.6. The largest absolute Gasteiger partial charge is 0.356 e. The van der Waals surface area contributed by atoms with E-state index in [0.29, 0.717) is 102 Å². The van der Waals surface area contributed by atoms with E-state index < -0.39 is 48.2 Å². The zero-order chi connectivity index (χ0) is 66.8. The second kappa shape index (κ2) is 37.0. The summed E-state index contributed by atoms with van der Waals surface area (Å²) in [6.45, 7) is 5.35. The van der Waals surface area contributed by atoms with Gasteiger partial charge in [0.25, 0.3) is 0 Å². The molecule has 94 heavy (non-hydrogen) atoms. The zero-order valence-electron chi connectivity index (χ0n) is 55.3. The normalized spacial score (nSPS) is 21.7. The molecule has 4 aliphatic heterocycles. The van der Waals surface area contributed by atoms with E-state index in [1.54, 1.807) is 48.2 Å². The monoisotopic (exact) mass is 1280 g/mol. The SMILES string of the molecule is CC[C@H](NC)C(=O)N[C@@H]1C(=O)N2[C@@H](CC[C@@H]1CCC(=O)CCC#CC#CCCC(=O)NCCCC(=O)[C@@H](NC(=O)[C@@H]1CC[C@@H]3CC[C@H](CCNCc4ccccc4)[C@H](NC(=O)[C@H](CC)NC)C(=O)N31)c1ccccc1)CC[C@H]2C(=O)CC(c1ccccc1)c1ccccc1. The average Bonchev–Trinajstić information content (AvgIpc) is 1.63. The lowest BCUT2D eigenvalue weighted by Gasteiger charge is -2.33. The number of nitrogens with one attached hydrogen (secondary N) is 7. The average molecular weight is 1280 g/mol. The first kappa shape index (κ1) is 71.6. The Kier molecular flexibility index (Phi) is 28.1. The van der Waals surface area contributed by atoms with Gasteiger partial charge in [-0.15, -0.1) is 0 Å². The van der Waals surface area contributed by atoms with Gasteiger partial charge in [0, 0.05) is 76.0 Å². The van der Waals surface area contributed by atoms with Gasteiger partial charge < -0.3 is 47.0 Å². The number of amides is 6. The summed E-state index contributed by atoms with van der Waals surface area (Å²) in [6, 6.07) is 33.6. The lowest BCUT2D eigenvalue weighted by atomic mass is 9.85. The summed E-state index contributed by atoms with van der Waals surface area (Å²) in [6.07, 6.45) is 8.76. The van der Waals surface area contributed by atoms with E-state index in [-0.39, 0.29) is 128 Å². The summed E-state index contributed by atoms with van der Waals surface area (Å²) in [7, 11) is 3.43. The van der Waals surface area contributed by atoms with Gasteiger partial charge >= 0.3 is 0 Å². The molecule has 4 heterocycles. The quantitative estimate of drug-likeness (QED) is 0.0179. The number of benzene rings is 4. The lowest BCUT2D eigenvalue weighted by Crippen LogP contribution is -2.58. The van der Waals surface area contributed by atoms with Crippen molar-refractivity contribution in [2.24, 2.45) is 11.8 Å². The molecule has 8 rings (SSSR count). The molecule has 6 amide bonds. The van der Waals surface area contributed by atoms with Crippen molar-refractivity contribution in [2.75, 3.05) is 27.2 Å². The fourth-order valence-electron chi connectivity index (χ4n) is 14.2. The topological polar surface area (TPSA) is 244 Å². The predicted octanol–water partition coefficient (Wildman–Crippen LogP) is 7.70. The number of fused-ring (bicyclic) bond motifs is 2. The molecule has 7 N–H and O–H groups in total. The Hall–Kier alpha value is -8.29. The van der Waals surface area contributed by atoms with Crippen LogP contribution in [0.3, 0.4) is 0 Å². The molecule has 500 valence electrons. The van der Waals surface area contributed by atoms with Crippen molar-refractivity contribution < 1.29 is 43.2 Å². The van der Waals surface area contributed by atoms with Crippen molar-refractivity contribution in [3.05, 3.63) is 144 Å². The Morgan fingerprint density at radius 2 is 1.03 bits per heavy atom. The van der Waals surface area contributed by atoms with Gasteiger partial charge in [0.15, 0.2) is 11.6 Å². The molecule has 11 atom stereocenters. The van der Waals surface area contributed by atoms with Gasteiger partial charge in [-0.2, -0.15) is 0 Å². The van der Waals surface area contributed by atoms with Crippen molar-refractivity contribution in [3.63, 3.8) is 0 Å². The summed E-state index contributed by atoms with van der Waals surface area (Å²) >= 11 is 0. The molecule has 0 aromatic heterocycles. The smallest absolute Gasteiger partial charge is 0.246 e. The summed E-state index contributed by atoms with van der Waals surface area (Å²) in [5.74, 6) is 8.78. The molecule has 18 heteroatoms. The van der Waals surface area contributed by atoms with Crippen LogP contribution in [-0.2, 0) is 49.7 Å². The van der Waals surface area contributed by atoms with E-state index >= 15 is 0 Å². The van der Waals surface area contributed by atoms with Crippen molar-refractivity contribution in [1.29, 1.82) is 0 Å². The molecule has 0 bridgehead atoms. The molecule has 0 radical (unpaired) electrons. The maximum absolute atomic E-state index is 14.8. The second-order valence-electron chi connectivity index (χ2n) is 25.6. The van der Waals surface area contributed by atoms with Gasteiger partial charge in [0.2, 0.25) is 35.4 Å². The van der Waals surface area contributed by atoms with E-state index in [1.807, 2.05) is 98.8 Å². The highest BCUT2D eigenvalue weighted by Gasteiger charge is 2.50. The van der Waals surface area contributed by atoms with E-state index in [2.05, 4.69) is 73.0 Å². The van der Waals surface area contributed by atoms with Crippen LogP contribution in [0.1, 0.15) is 176 Å². The van der Waals surface area contributed by atoms with Crippen molar-refractivity contribution in [1.82, 2.24) is 47.0 Å². The highest BCUT2D eigenvalue weighted by molar-refractivity contribution is 5.97. The minimum Gasteiger partial charge on any atom is -0.356 e. The van der Waals surface area contributed by atoms with E-state index in [4.69, 9.17) is 0 Å². The molecule has 4 fully saturated rings. The Morgan fingerprint density at radius 3 is 1.57 bits per heavy atom. The van der Waals surface area contributed by atoms with Crippen LogP contribution in [0.4, 0.5) is 0 Å². The number of rotatable bonds is 33. The molecule has 4 saturated heterocycles. The molecule has 0 unspecified atom stereocenters. The van der Waals surface area contributed by atoms with E-state index in [0.717, 1.165) is 16.7 Å². The first-order valence-corrected chi connectivity index (χ1v) is 34.3.